The van der Waals surface area contributed by atoms with Gasteiger partial charge in [0.15, 0.2) is 0 Å². The lowest BCUT2D eigenvalue weighted by Crippen LogP contribution is -2.38. The molecule has 0 bridgehead atoms. The van der Waals surface area contributed by atoms with E-state index >= 15 is 0 Å². The monoisotopic (exact) mass is 363 g/mol. The average molecular weight is 365 g/mol. The summed E-state index contributed by atoms with van der Waals surface area (Å²) >= 11 is 15.5. The van der Waals surface area contributed by atoms with E-state index < -0.39 is 5.38 Å². The van der Waals surface area contributed by atoms with Crippen LogP contribution in [0.2, 0.25) is 5.02 Å². The predicted octanol–water partition coefficient (Wildman–Crippen LogP) is 4.83. The van der Waals surface area contributed by atoms with Crippen molar-refractivity contribution in [1.82, 2.24) is 5.32 Å². The van der Waals surface area contributed by atoms with Crippen molar-refractivity contribution in [3.8, 4) is 0 Å². The van der Waals surface area contributed by atoms with Crippen LogP contribution in [0, 0.1) is 0 Å². The highest BCUT2D eigenvalue weighted by Crippen LogP contribution is 2.31. The van der Waals surface area contributed by atoms with E-state index in [1.54, 1.807) is 18.2 Å². The van der Waals surface area contributed by atoms with Crippen LogP contribution in [0.15, 0.2) is 22.7 Å². The minimum Gasteiger partial charge on any atom is -0.352 e. The summed E-state index contributed by atoms with van der Waals surface area (Å²) in [4.78, 5) is 12.2. The number of hydrogen-bond acceptors (Lipinski definition) is 1. The number of amides is 1. The zero-order chi connectivity index (χ0) is 13.8. The third kappa shape index (κ3) is 4.11. The maximum absolute atomic E-state index is 12.2. The Morgan fingerprint density at radius 3 is 2.63 bits per heavy atom. The fourth-order valence-corrected chi connectivity index (χ4v) is 3.67. The van der Waals surface area contributed by atoms with Gasteiger partial charge in [0.25, 0.3) is 0 Å². The molecular formula is C14H16BrCl2NO. The second-order valence-corrected chi connectivity index (χ2v) is 6.60. The summed E-state index contributed by atoms with van der Waals surface area (Å²) in [5, 5.41) is 2.97. The Hall–Kier alpha value is -0.250. The van der Waals surface area contributed by atoms with Gasteiger partial charge in [0, 0.05) is 15.5 Å². The quantitative estimate of drug-likeness (QED) is 0.764. The highest BCUT2D eigenvalue weighted by molar-refractivity contribution is 9.10. The Kier molecular flexibility index (Phi) is 5.55. The summed E-state index contributed by atoms with van der Waals surface area (Å²) in [6, 6.07) is 5.55. The number of carbonyl (C=O) groups excluding carboxylic acids is 1. The first-order chi connectivity index (χ1) is 9.08. The van der Waals surface area contributed by atoms with Gasteiger partial charge in [0.2, 0.25) is 5.91 Å². The summed E-state index contributed by atoms with van der Waals surface area (Å²) in [5.74, 6) is -0.128. The Morgan fingerprint density at radius 2 is 2.00 bits per heavy atom. The van der Waals surface area contributed by atoms with Crippen LogP contribution >= 0.6 is 39.1 Å². The SMILES string of the molecule is O=C(NC1CCCCC1)C(Cl)c1ccc(Cl)cc1Br. The smallest absolute Gasteiger partial charge is 0.242 e. The zero-order valence-electron chi connectivity index (χ0n) is 10.5. The minimum absolute atomic E-state index is 0.128. The number of carbonyl (C=O) groups is 1. The number of rotatable bonds is 3. The first-order valence-electron chi connectivity index (χ1n) is 6.47. The molecule has 2 nitrogen and oxygen atoms in total. The van der Waals surface area contributed by atoms with Crippen molar-refractivity contribution in [3.05, 3.63) is 33.3 Å². The lowest BCUT2D eigenvalue weighted by molar-refractivity contribution is -0.121. The van der Waals surface area contributed by atoms with Crippen molar-refractivity contribution >= 4 is 45.0 Å². The maximum Gasteiger partial charge on any atom is 0.242 e. The fraction of sp³-hybridized carbons (Fsp3) is 0.500. The Bertz CT molecular complexity index is 461. The summed E-state index contributed by atoms with van der Waals surface area (Å²) < 4.78 is 0.763. The highest BCUT2D eigenvalue weighted by atomic mass is 79.9. The number of benzene rings is 1. The largest absolute Gasteiger partial charge is 0.352 e. The van der Waals surface area contributed by atoms with Crippen LogP contribution in [0.3, 0.4) is 0 Å². The molecule has 1 atom stereocenters. The van der Waals surface area contributed by atoms with Crippen molar-refractivity contribution in [2.45, 2.75) is 43.5 Å². The van der Waals surface area contributed by atoms with Gasteiger partial charge in [-0.15, -0.1) is 11.6 Å². The van der Waals surface area contributed by atoms with Crippen molar-refractivity contribution in [1.29, 1.82) is 0 Å². The molecule has 0 aromatic heterocycles. The second-order valence-electron chi connectivity index (χ2n) is 4.87. The normalized spacial score (nSPS) is 18.1. The van der Waals surface area contributed by atoms with Gasteiger partial charge < -0.3 is 5.32 Å². The van der Waals surface area contributed by atoms with Gasteiger partial charge in [-0.25, -0.2) is 0 Å². The third-order valence-corrected chi connectivity index (χ3v) is 4.77. The first kappa shape index (κ1) is 15.1. The van der Waals surface area contributed by atoms with Crippen molar-refractivity contribution in [3.63, 3.8) is 0 Å². The zero-order valence-corrected chi connectivity index (χ0v) is 13.6. The molecule has 0 aliphatic heterocycles. The number of nitrogens with one attached hydrogen (secondary N) is 1. The fourth-order valence-electron chi connectivity index (χ4n) is 2.37. The molecule has 0 heterocycles. The Morgan fingerprint density at radius 1 is 1.32 bits per heavy atom. The number of halogens is 3. The van der Waals surface area contributed by atoms with Crippen molar-refractivity contribution in [2.75, 3.05) is 0 Å². The molecule has 1 aromatic carbocycles. The molecule has 2 rings (SSSR count). The minimum atomic E-state index is -0.687. The molecule has 1 fully saturated rings. The second kappa shape index (κ2) is 6.96. The van der Waals surface area contributed by atoms with Gasteiger partial charge in [-0.2, -0.15) is 0 Å². The van der Waals surface area contributed by atoms with Crippen LogP contribution in [0.25, 0.3) is 0 Å². The van der Waals surface area contributed by atoms with Crippen LogP contribution in [-0.4, -0.2) is 11.9 Å². The lowest BCUT2D eigenvalue weighted by atomic mass is 9.95. The van der Waals surface area contributed by atoms with Gasteiger partial charge in [-0.3, -0.25) is 4.79 Å². The maximum atomic E-state index is 12.2. The van der Waals surface area contributed by atoms with Gasteiger partial charge in [-0.1, -0.05) is 52.9 Å². The molecule has 19 heavy (non-hydrogen) atoms. The number of hydrogen-bond donors (Lipinski definition) is 1. The van der Waals surface area contributed by atoms with E-state index in [4.69, 9.17) is 23.2 Å². The van der Waals surface area contributed by atoms with E-state index in [1.165, 1.54) is 19.3 Å². The number of alkyl halides is 1. The molecule has 1 amide bonds. The third-order valence-electron chi connectivity index (χ3n) is 3.42. The topological polar surface area (TPSA) is 29.1 Å². The summed E-state index contributed by atoms with van der Waals surface area (Å²) in [6.45, 7) is 0. The van der Waals surface area contributed by atoms with Gasteiger partial charge >= 0.3 is 0 Å². The van der Waals surface area contributed by atoms with Gasteiger partial charge in [0.1, 0.15) is 5.38 Å². The standard InChI is InChI=1S/C14H16BrCl2NO/c15-12-8-9(16)6-7-11(12)13(17)14(19)18-10-4-2-1-3-5-10/h6-8,10,13H,1-5H2,(H,18,19). The summed E-state index contributed by atoms with van der Waals surface area (Å²) in [6.07, 6.45) is 5.73. The van der Waals surface area contributed by atoms with E-state index in [0.717, 1.165) is 22.9 Å². The molecular weight excluding hydrogens is 349 g/mol. The van der Waals surface area contributed by atoms with Crippen LogP contribution in [0.5, 0.6) is 0 Å². The van der Waals surface area contributed by atoms with Crippen LogP contribution in [-0.2, 0) is 4.79 Å². The Labute approximate surface area is 132 Å². The first-order valence-corrected chi connectivity index (χ1v) is 8.08. The summed E-state index contributed by atoms with van der Waals surface area (Å²) in [7, 11) is 0. The lowest BCUT2D eigenvalue weighted by Gasteiger charge is -2.24. The molecule has 1 aliphatic rings. The van der Waals surface area contributed by atoms with E-state index in [2.05, 4.69) is 21.2 Å². The van der Waals surface area contributed by atoms with E-state index in [0.29, 0.717) is 5.02 Å². The molecule has 0 saturated heterocycles. The molecule has 1 unspecified atom stereocenters. The van der Waals surface area contributed by atoms with E-state index in [9.17, 15) is 4.79 Å². The van der Waals surface area contributed by atoms with Crippen LogP contribution in [0.1, 0.15) is 43.0 Å². The Balaban J connectivity index is 2.01. The molecule has 1 aromatic rings. The predicted molar refractivity (Wildman–Crippen MR) is 82.8 cm³/mol. The molecule has 1 saturated carbocycles. The summed E-state index contributed by atoms with van der Waals surface area (Å²) in [5.41, 5.74) is 0.749. The molecule has 104 valence electrons. The van der Waals surface area contributed by atoms with Crippen LogP contribution in [0.4, 0.5) is 0 Å². The molecule has 1 aliphatic carbocycles. The highest BCUT2D eigenvalue weighted by Gasteiger charge is 2.23. The molecule has 5 heteroatoms. The van der Waals surface area contributed by atoms with E-state index in [1.807, 2.05) is 0 Å². The molecule has 1 N–H and O–H groups in total. The van der Waals surface area contributed by atoms with Crippen LogP contribution < -0.4 is 5.32 Å². The van der Waals surface area contributed by atoms with Gasteiger partial charge in [-0.05, 0) is 30.5 Å². The van der Waals surface area contributed by atoms with Gasteiger partial charge in [0.05, 0.1) is 0 Å². The molecule has 0 spiro atoms. The molecule has 0 radical (unpaired) electrons. The van der Waals surface area contributed by atoms with Crippen molar-refractivity contribution < 1.29 is 4.79 Å². The van der Waals surface area contributed by atoms with E-state index in [-0.39, 0.29) is 11.9 Å². The van der Waals surface area contributed by atoms with Crippen molar-refractivity contribution in [2.24, 2.45) is 0 Å². The average Bonchev–Trinajstić information content (AvgIpc) is 2.39.